The van der Waals surface area contributed by atoms with Crippen LogP contribution >= 0.6 is 35.7 Å². The van der Waals surface area contributed by atoms with Crippen molar-refractivity contribution in [2.45, 2.75) is 37.5 Å². The Morgan fingerprint density at radius 2 is 2.10 bits per heavy atom. The van der Waals surface area contributed by atoms with E-state index in [4.69, 9.17) is 0 Å². The second-order valence-corrected chi connectivity index (χ2v) is 8.63. The molecule has 0 aromatic heterocycles. The van der Waals surface area contributed by atoms with Gasteiger partial charge < -0.3 is 15.1 Å². The van der Waals surface area contributed by atoms with Crippen LogP contribution in [0.2, 0.25) is 0 Å². The Bertz CT molecular complexity index is 354. The molecule has 1 saturated heterocycles. The van der Waals surface area contributed by atoms with E-state index in [1.807, 2.05) is 7.05 Å². The Hall–Kier alpha value is 0.310. The summed E-state index contributed by atoms with van der Waals surface area (Å²) >= 11 is 2.06. The summed E-state index contributed by atoms with van der Waals surface area (Å²) in [6.07, 6.45) is 2.77. The number of hydrogen-bond acceptors (Lipinski definition) is 3. The van der Waals surface area contributed by atoms with Crippen molar-refractivity contribution < 1.29 is 0 Å². The maximum Gasteiger partial charge on any atom is 0.193 e. The standard InChI is InChI=1S/C15H30N4S.HI/c1-15(2)11-19(8-9-20-15)14(16-3)17-10-13(18(4)5)12-6-7-12;/h12-13H,6-11H2,1-5H3,(H,16,17);1H. The second-order valence-electron chi connectivity index (χ2n) is 6.83. The lowest BCUT2D eigenvalue weighted by Crippen LogP contribution is -2.53. The molecule has 6 heteroatoms. The van der Waals surface area contributed by atoms with Crippen LogP contribution in [0.15, 0.2) is 4.99 Å². The van der Waals surface area contributed by atoms with Crippen molar-refractivity contribution in [1.29, 1.82) is 0 Å². The lowest BCUT2D eigenvalue weighted by atomic mass is 10.1. The topological polar surface area (TPSA) is 30.9 Å². The first-order valence-electron chi connectivity index (χ1n) is 7.69. The molecule has 0 amide bonds. The van der Waals surface area contributed by atoms with Gasteiger partial charge in [-0.1, -0.05) is 0 Å². The summed E-state index contributed by atoms with van der Waals surface area (Å²) in [7, 11) is 6.28. The number of hydrogen-bond donors (Lipinski definition) is 1. The average molecular weight is 426 g/mol. The zero-order valence-electron chi connectivity index (χ0n) is 14.1. The van der Waals surface area contributed by atoms with Crippen molar-refractivity contribution >= 4 is 41.7 Å². The molecule has 1 heterocycles. The van der Waals surface area contributed by atoms with Gasteiger partial charge in [-0.2, -0.15) is 11.8 Å². The summed E-state index contributed by atoms with van der Waals surface area (Å²) in [5, 5.41) is 3.60. The van der Waals surface area contributed by atoms with E-state index in [9.17, 15) is 0 Å². The van der Waals surface area contributed by atoms with Crippen LogP contribution in [-0.4, -0.2) is 73.1 Å². The van der Waals surface area contributed by atoms with Crippen LogP contribution in [0.1, 0.15) is 26.7 Å². The first kappa shape index (κ1) is 19.4. The number of halogens is 1. The van der Waals surface area contributed by atoms with Crippen molar-refractivity contribution in [2.24, 2.45) is 10.9 Å². The predicted molar refractivity (Wildman–Crippen MR) is 105 cm³/mol. The molecule has 0 aromatic rings. The third kappa shape index (κ3) is 5.78. The normalized spacial score (nSPS) is 23.7. The van der Waals surface area contributed by atoms with Gasteiger partial charge in [-0.3, -0.25) is 4.99 Å². The van der Waals surface area contributed by atoms with Gasteiger partial charge in [0.1, 0.15) is 0 Å². The smallest absolute Gasteiger partial charge is 0.193 e. The minimum atomic E-state index is 0. The highest BCUT2D eigenvalue weighted by atomic mass is 127. The van der Waals surface area contributed by atoms with Crippen molar-refractivity contribution in [1.82, 2.24) is 15.1 Å². The Morgan fingerprint density at radius 1 is 1.43 bits per heavy atom. The van der Waals surface area contributed by atoms with Gasteiger partial charge in [0, 0.05) is 43.2 Å². The molecule has 1 aliphatic carbocycles. The summed E-state index contributed by atoms with van der Waals surface area (Å²) in [6, 6.07) is 0.638. The molecule has 0 spiro atoms. The van der Waals surface area contributed by atoms with E-state index in [1.165, 1.54) is 18.6 Å². The number of aliphatic imine (C=N–C) groups is 1. The monoisotopic (exact) mass is 426 g/mol. The molecule has 2 fully saturated rings. The molecule has 1 atom stereocenters. The summed E-state index contributed by atoms with van der Waals surface area (Å²) in [6.45, 7) is 7.83. The van der Waals surface area contributed by atoms with Crippen LogP contribution in [0.3, 0.4) is 0 Å². The molecular weight excluding hydrogens is 395 g/mol. The van der Waals surface area contributed by atoms with Crippen LogP contribution in [0.5, 0.6) is 0 Å². The molecule has 124 valence electrons. The van der Waals surface area contributed by atoms with E-state index in [1.54, 1.807) is 0 Å². The van der Waals surface area contributed by atoms with Crippen LogP contribution in [0, 0.1) is 5.92 Å². The van der Waals surface area contributed by atoms with E-state index in [-0.39, 0.29) is 24.0 Å². The van der Waals surface area contributed by atoms with Crippen molar-refractivity contribution in [3.8, 4) is 0 Å². The third-order valence-electron chi connectivity index (χ3n) is 4.24. The molecule has 2 rings (SSSR count). The molecule has 1 N–H and O–H groups in total. The first-order chi connectivity index (χ1) is 9.43. The molecule has 2 aliphatic rings. The number of rotatable bonds is 4. The van der Waals surface area contributed by atoms with E-state index < -0.39 is 0 Å². The van der Waals surface area contributed by atoms with Gasteiger partial charge >= 0.3 is 0 Å². The highest BCUT2D eigenvalue weighted by Gasteiger charge is 2.33. The van der Waals surface area contributed by atoms with Gasteiger partial charge in [0.25, 0.3) is 0 Å². The summed E-state index contributed by atoms with van der Waals surface area (Å²) in [5.74, 6) is 3.14. The number of guanidine groups is 1. The Labute approximate surface area is 151 Å². The molecule has 1 aliphatic heterocycles. The number of nitrogens with zero attached hydrogens (tertiary/aromatic N) is 3. The van der Waals surface area contributed by atoms with E-state index in [0.29, 0.717) is 10.8 Å². The quantitative estimate of drug-likeness (QED) is 0.425. The SMILES string of the molecule is CN=C(NCC(C1CC1)N(C)C)N1CCSC(C)(C)C1.I. The third-order valence-corrected chi connectivity index (χ3v) is 5.53. The van der Waals surface area contributed by atoms with Crippen molar-refractivity contribution in [3.05, 3.63) is 0 Å². The van der Waals surface area contributed by atoms with Crippen LogP contribution < -0.4 is 5.32 Å². The van der Waals surface area contributed by atoms with Crippen LogP contribution in [0.25, 0.3) is 0 Å². The van der Waals surface area contributed by atoms with Gasteiger partial charge in [0.15, 0.2) is 5.96 Å². The second kappa shape index (κ2) is 8.24. The number of nitrogens with one attached hydrogen (secondary N) is 1. The van der Waals surface area contributed by atoms with Crippen molar-refractivity contribution in [3.63, 3.8) is 0 Å². The highest BCUT2D eigenvalue weighted by molar-refractivity contribution is 14.0. The fourth-order valence-electron chi connectivity index (χ4n) is 2.98. The van der Waals surface area contributed by atoms with Gasteiger partial charge in [-0.05, 0) is 46.7 Å². The number of likely N-dealkylation sites (N-methyl/N-ethyl adjacent to an activating group) is 1. The minimum absolute atomic E-state index is 0. The molecule has 0 aromatic carbocycles. The van der Waals surface area contributed by atoms with E-state index in [2.05, 4.69) is 59.8 Å². The highest BCUT2D eigenvalue weighted by Crippen LogP contribution is 2.34. The van der Waals surface area contributed by atoms with Gasteiger partial charge in [0.2, 0.25) is 0 Å². The molecule has 0 radical (unpaired) electrons. The molecular formula is C15H31IN4S. The lowest BCUT2D eigenvalue weighted by molar-refractivity contribution is 0.260. The van der Waals surface area contributed by atoms with Crippen LogP contribution in [0.4, 0.5) is 0 Å². The minimum Gasteiger partial charge on any atom is -0.355 e. The van der Waals surface area contributed by atoms with E-state index in [0.717, 1.165) is 31.5 Å². The first-order valence-corrected chi connectivity index (χ1v) is 8.67. The average Bonchev–Trinajstić information content (AvgIpc) is 3.17. The maximum atomic E-state index is 4.49. The van der Waals surface area contributed by atoms with Gasteiger partial charge in [-0.15, -0.1) is 24.0 Å². The maximum absolute atomic E-state index is 4.49. The van der Waals surface area contributed by atoms with Crippen LogP contribution in [-0.2, 0) is 0 Å². The molecule has 1 saturated carbocycles. The predicted octanol–water partition coefficient (Wildman–Crippen LogP) is 2.35. The van der Waals surface area contributed by atoms with E-state index >= 15 is 0 Å². The molecule has 1 unspecified atom stereocenters. The Kier molecular flexibility index (Phi) is 7.60. The molecule has 4 nitrogen and oxygen atoms in total. The molecule has 0 bridgehead atoms. The Balaban J connectivity index is 0.00000220. The lowest BCUT2D eigenvalue weighted by Gasteiger charge is -2.39. The summed E-state index contributed by atoms with van der Waals surface area (Å²) < 4.78 is 0.327. The van der Waals surface area contributed by atoms with Gasteiger partial charge in [0.05, 0.1) is 0 Å². The fraction of sp³-hybridized carbons (Fsp3) is 0.933. The molecule has 21 heavy (non-hydrogen) atoms. The fourth-order valence-corrected chi connectivity index (χ4v) is 4.09. The summed E-state index contributed by atoms with van der Waals surface area (Å²) in [5.41, 5.74) is 0. The summed E-state index contributed by atoms with van der Waals surface area (Å²) in [4.78, 5) is 9.26. The zero-order chi connectivity index (χ0) is 14.8. The number of thioether (sulfide) groups is 1. The van der Waals surface area contributed by atoms with Crippen molar-refractivity contribution in [2.75, 3.05) is 46.5 Å². The Morgan fingerprint density at radius 3 is 2.57 bits per heavy atom. The largest absolute Gasteiger partial charge is 0.355 e. The zero-order valence-corrected chi connectivity index (χ0v) is 17.2. The van der Waals surface area contributed by atoms with Gasteiger partial charge in [-0.25, -0.2) is 0 Å².